The highest BCUT2D eigenvalue weighted by Crippen LogP contribution is 2.30. The summed E-state index contributed by atoms with van der Waals surface area (Å²) in [5.74, 6) is -0.222. The summed E-state index contributed by atoms with van der Waals surface area (Å²) in [7, 11) is 1.86. The van der Waals surface area contributed by atoms with Crippen LogP contribution < -0.4 is 4.90 Å². The van der Waals surface area contributed by atoms with Crippen molar-refractivity contribution in [3.8, 4) is 0 Å². The molecule has 0 saturated heterocycles. The van der Waals surface area contributed by atoms with Gasteiger partial charge in [-0.15, -0.1) is 0 Å². The van der Waals surface area contributed by atoms with Crippen molar-refractivity contribution < 1.29 is 4.39 Å². The Morgan fingerprint density at radius 1 is 1.17 bits per heavy atom. The molecule has 0 aliphatic carbocycles. The summed E-state index contributed by atoms with van der Waals surface area (Å²) >= 11 is 6.94. The van der Waals surface area contributed by atoms with Crippen LogP contribution in [0, 0.1) is 5.82 Å². The highest BCUT2D eigenvalue weighted by molar-refractivity contribution is 9.10. The monoisotopic (exact) mass is 371 g/mol. The minimum atomic E-state index is -0.222. The molecule has 0 unspecified atom stereocenters. The quantitative estimate of drug-likeness (QED) is 0.665. The van der Waals surface area contributed by atoms with E-state index in [1.54, 1.807) is 12.1 Å². The van der Waals surface area contributed by atoms with Gasteiger partial charge in [-0.25, -0.2) is 4.39 Å². The van der Waals surface area contributed by atoms with Crippen molar-refractivity contribution in [2.45, 2.75) is 5.33 Å². The molecule has 0 aliphatic rings. The second-order valence-electron chi connectivity index (χ2n) is 3.92. The van der Waals surface area contributed by atoms with Crippen molar-refractivity contribution in [1.29, 1.82) is 0 Å². The third-order valence-electron chi connectivity index (χ3n) is 2.78. The van der Waals surface area contributed by atoms with Gasteiger partial charge in [0.05, 0.1) is 5.69 Å². The molecule has 0 N–H and O–H groups in total. The Labute approximate surface area is 123 Å². The minimum absolute atomic E-state index is 0.222. The molecule has 18 heavy (non-hydrogen) atoms. The van der Waals surface area contributed by atoms with E-state index in [1.807, 2.05) is 36.2 Å². The summed E-state index contributed by atoms with van der Waals surface area (Å²) in [6.45, 7) is 0. The Kier molecular flexibility index (Phi) is 4.40. The first kappa shape index (κ1) is 13.6. The largest absolute Gasteiger partial charge is 0.342 e. The number of alkyl halides is 1. The number of para-hydroxylation sites is 1. The lowest BCUT2D eigenvalue weighted by atomic mass is 10.2. The molecule has 1 nitrogen and oxygen atoms in total. The zero-order valence-electron chi connectivity index (χ0n) is 9.83. The van der Waals surface area contributed by atoms with Gasteiger partial charge in [-0.3, -0.25) is 0 Å². The van der Waals surface area contributed by atoms with Gasteiger partial charge in [0, 0.05) is 22.5 Å². The van der Waals surface area contributed by atoms with E-state index in [4.69, 9.17) is 0 Å². The summed E-state index contributed by atoms with van der Waals surface area (Å²) in [4.78, 5) is 1.83. The van der Waals surface area contributed by atoms with Crippen LogP contribution in [-0.2, 0) is 5.33 Å². The van der Waals surface area contributed by atoms with E-state index in [-0.39, 0.29) is 5.82 Å². The minimum Gasteiger partial charge on any atom is -0.342 e. The lowest BCUT2D eigenvalue weighted by Gasteiger charge is -2.20. The fourth-order valence-electron chi connectivity index (χ4n) is 1.72. The molecule has 0 spiro atoms. The van der Waals surface area contributed by atoms with Crippen LogP contribution in [0.2, 0.25) is 0 Å². The molecule has 0 saturated carbocycles. The Morgan fingerprint density at radius 3 is 2.50 bits per heavy atom. The van der Waals surface area contributed by atoms with Crippen LogP contribution in [0.1, 0.15) is 5.56 Å². The van der Waals surface area contributed by atoms with Gasteiger partial charge >= 0.3 is 0 Å². The fourth-order valence-corrected chi connectivity index (χ4v) is 3.09. The molecule has 4 heteroatoms. The smallest absolute Gasteiger partial charge is 0.146 e. The van der Waals surface area contributed by atoms with E-state index in [1.165, 1.54) is 11.6 Å². The Bertz CT molecular complexity index is 557. The van der Waals surface area contributed by atoms with Crippen molar-refractivity contribution in [3.05, 3.63) is 58.3 Å². The number of nitrogens with zero attached hydrogens (tertiary/aromatic N) is 1. The van der Waals surface area contributed by atoms with E-state index >= 15 is 0 Å². The average molecular weight is 373 g/mol. The van der Waals surface area contributed by atoms with Gasteiger partial charge in [-0.2, -0.15) is 0 Å². The van der Waals surface area contributed by atoms with Gasteiger partial charge < -0.3 is 4.90 Å². The van der Waals surface area contributed by atoms with Gasteiger partial charge in [0.1, 0.15) is 5.82 Å². The zero-order valence-corrected chi connectivity index (χ0v) is 13.0. The zero-order chi connectivity index (χ0) is 13.1. The number of hydrogen-bond donors (Lipinski definition) is 0. The standard InChI is InChI=1S/C14H12Br2FN/c1-18(14-5-3-2-4-13(14)17)11-7-6-10(9-15)12(16)8-11/h2-8H,9H2,1H3. The fraction of sp³-hybridized carbons (Fsp3) is 0.143. The molecule has 0 atom stereocenters. The number of hydrogen-bond acceptors (Lipinski definition) is 1. The first-order valence-electron chi connectivity index (χ1n) is 5.46. The number of rotatable bonds is 3. The SMILES string of the molecule is CN(c1ccc(CBr)c(Br)c1)c1ccccc1F. The maximum Gasteiger partial charge on any atom is 0.146 e. The lowest BCUT2D eigenvalue weighted by Crippen LogP contribution is -2.11. The second kappa shape index (κ2) is 5.85. The van der Waals surface area contributed by atoms with Crippen molar-refractivity contribution >= 4 is 43.2 Å². The number of halogens is 3. The van der Waals surface area contributed by atoms with E-state index in [0.29, 0.717) is 5.69 Å². The predicted octanol–water partition coefficient (Wildman–Crippen LogP) is 5.25. The highest BCUT2D eigenvalue weighted by atomic mass is 79.9. The second-order valence-corrected chi connectivity index (χ2v) is 5.33. The first-order chi connectivity index (χ1) is 8.63. The molecule has 0 radical (unpaired) electrons. The average Bonchev–Trinajstić information content (AvgIpc) is 2.38. The van der Waals surface area contributed by atoms with Crippen LogP contribution in [0.25, 0.3) is 0 Å². The molecule has 0 fully saturated rings. The molecule has 2 rings (SSSR count). The number of benzene rings is 2. The summed E-state index contributed by atoms with van der Waals surface area (Å²) in [5, 5.41) is 0.789. The molecule has 2 aromatic carbocycles. The van der Waals surface area contributed by atoms with Crippen molar-refractivity contribution in [3.63, 3.8) is 0 Å². The maximum absolute atomic E-state index is 13.7. The van der Waals surface area contributed by atoms with E-state index in [9.17, 15) is 4.39 Å². The molecular formula is C14H12Br2FN. The topological polar surface area (TPSA) is 3.24 Å². The van der Waals surface area contributed by atoms with E-state index in [2.05, 4.69) is 31.9 Å². The molecular weight excluding hydrogens is 361 g/mol. The predicted molar refractivity (Wildman–Crippen MR) is 81.2 cm³/mol. The molecule has 0 bridgehead atoms. The van der Waals surface area contributed by atoms with Crippen LogP contribution in [0.3, 0.4) is 0 Å². The van der Waals surface area contributed by atoms with E-state index < -0.39 is 0 Å². The van der Waals surface area contributed by atoms with Crippen molar-refractivity contribution in [2.75, 3.05) is 11.9 Å². The van der Waals surface area contributed by atoms with Gasteiger partial charge in [-0.1, -0.05) is 50.1 Å². The Morgan fingerprint density at radius 2 is 1.89 bits per heavy atom. The summed E-state index contributed by atoms with van der Waals surface area (Å²) in [6.07, 6.45) is 0. The van der Waals surface area contributed by atoms with E-state index in [0.717, 1.165) is 15.5 Å². The normalized spacial score (nSPS) is 10.4. The summed E-state index contributed by atoms with van der Waals surface area (Å²) in [5.41, 5.74) is 2.67. The van der Waals surface area contributed by atoms with Gasteiger partial charge in [0.15, 0.2) is 0 Å². The molecule has 0 heterocycles. The van der Waals surface area contributed by atoms with Crippen LogP contribution in [0.15, 0.2) is 46.9 Å². The highest BCUT2D eigenvalue weighted by Gasteiger charge is 2.10. The van der Waals surface area contributed by atoms with Crippen LogP contribution in [0.4, 0.5) is 15.8 Å². The lowest BCUT2D eigenvalue weighted by molar-refractivity contribution is 0.627. The van der Waals surface area contributed by atoms with Crippen LogP contribution in [-0.4, -0.2) is 7.05 Å². The Hall–Kier alpha value is -0.870. The maximum atomic E-state index is 13.7. The molecule has 94 valence electrons. The molecule has 2 aromatic rings. The van der Waals surface area contributed by atoms with Gasteiger partial charge in [0.25, 0.3) is 0 Å². The first-order valence-corrected chi connectivity index (χ1v) is 7.37. The van der Waals surface area contributed by atoms with Gasteiger partial charge in [-0.05, 0) is 29.8 Å². The molecule has 0 aromatic heterocycles. The summed E-state index contributed by atoms with van der Waals surface area (Å²) in [6, 6.07) is 12.7. The van der Waals surface area contributed by atoms with Crippen molar-refractivity contribution in [1.82, 2.24) is 0 Å². The number of anilines is 2. The third-order valence-corrected chi connectivity index (χ3v) is 4.12. The van der Waals surface area contributed by atoms with Crippen molar-refractivity contribution in [2.24, 2.45) is 0 Å². The molecule has 0 aliphatic heterocycles. The van der Waals surface area contributed by atoms with Gasteiger partial charge in [0.2, 0.25) is 0 Å². The third kappa shape index (κ3) is 2.75. The summed E-state index contributed by atoms with van der Waals surface area (Å²) < 4.78 is 14.7. The molecule has 0 amide bonds. The Balaban J connectivity index is 2.37. The van der Waals surface area contributed by atoms with Crippen LogP contribution >= 0.6 is 31.9 Å². The van der Waals surface area contributed by atoms with Crippen LogP contribution in [0.5, 0.6) is 0 Å².